The Kier molecular flexibility index (Phi) is 4.26. The van der Waals surface area contributed by atoms with Gasteiger partial charge in [0.15, 0.2) is 0 Å². The zero-order chi connectivity index (χ0) is 14.6. The molecule has 5 nitrogen and oxygen atoms in total. The fraction of sp³-hybridized carbons (Fsp3) is 0.143. The van der Waals surface area contributed by atoms with Gasteiger partial charge in [-0.1, -0.05) is 12.1 Å². The largest absolute Gasteiger partial charge is 0.497 e. The number of hydrogen-bond donors (Lipinski definition) is 2. The van der Waals surface area contributed by atoms with E-state index in [0.717, 1.165) is 5.56 Å². The fourth-order valence-electron chi connectivity index (χ4n) is 1.68. The van der Waals surface area contributed by atoms with Gasteiger partial charge in [-0.25, -0.2) is 8.42 Å². The average molecular weight is 292 g/mol. The van der Waals surface area contributed by atoms with Crippen molar-refractivity contribution in [1.82, 2.24) is 0 Å². The molecule has 2 aromatic carbocycles. The van der Waals surface area contributed by atoms with Crippen LogP contribution in [0.1, 0.15) is 5.56 Å². The van der Waals surface area contributed by atoms with Crippen LogP contribution in [0.25, 0.3) is 0 Å². The summed E-state index contributed by atoms with van der Waals surface area (Å²) in [5, 5.41) is 0. The molecule has 0 saturated heterocycles. The van der Waals surface area contributed by atoms with E-state index in [2.05, 4.69) is 4.72 Å². The molecule has 0 radical (unpaired) electrons. The van der Waals surface area contributed by atoms with Crippen LogP contribution in [0.15, 0.2) is 53.4 Å². The first-order valence-electron chi connectivity index (χ1n) is 6.01. The zero-order valence-corrected chi connectivity index (χ0v) is 11.9. The molecule has 0 heterocycles. The van der Waals surface area contributed by atoms with Crippen LogP contribution in [0.2, 0.25) is 0 Å². The molecule has 0 aliphatic rings. The minimum absolute atomic E-state index is 0.200. The Bertz CT molecular complexity index is 665. The van der Waals surface area contributed by atoms with Gasteiger partial charge in [-0.05, 0) is 42.0 Å². The molecule has 0 amide bonds. The average Bonchev–Trinajstić information content (AvgIpc) is 2.48. The number of hydrogen-bond acceptors (Lipinski definition) is 4. The van der Waals surface area contributed by atoms with Gasteiger partial charge in [0.1, 0.15) is 5.75 Å². The third-order valence-corrected chi connectivity index (χ3v) is 4.21. The van der Waals surface area contributed by atoms with Crippen molar-refractivity contribution < 1.29 is 13.2 Å². The molecule has 3 N–H and O–H groups in total. The quantitative estimate of drug-likeness (QED) is 0.882. The van der Waals surface area contributed by atoms with Gasteiger partial charge in [-0.15, -0.1) is 0 Å². The molecule has 0 unspecified atom stereocenters. The number of nitrogens with one attached hydrogen (secondary N) is 1. The van der Waals surface area contributed by atoms with Gasteiger partial charge in [0.2, 0.25) is 0 Å². The Morgan fingerprint density at radius 3 is 2.15 bits per heavy atom. The summed E-state index contributed by atoms with van der Waals surface area (Å²) in [6.45, 7) is 0.381. The van der Waals surface area contributed by atoms with Crippen LogP contribution in [0.3, 0.4) is 0 Å². The highest BCUT2D eigenvalue weighted by Crippen LogP contribution is 2.19. The van der Waals surface area contributed by atoms with E-state index >= 15 is 0 Å². The zero-order valence-electron chi connectivity index (χ0n) is 11.0. The van der Waals surface area contributed by atoms with Crippen LogP contribution in [-0.2, 0) is 16.6 Å². The summed E-state index contributed by atoms with van der Waals surface area (Å²) in [7, 11) is -2.04. The second-order valence-corrected chi connectivity index (χ2v) is 5.86. The SMILES string of the molecule is COc1ccc(NS(=O)(=O)c2ccc(CN)cc2)cc1. The fourth-order valence-corrected chi connectivity index (χ4v) is 2.74. The molecule has 0 fully saturated rings. The monoisotopic (exact) mass is 292 g/mol. The standard InChI is InChI=1S/C14H16N2O3S/c1-19-13-6-4-12(5-7-13)16-20(17,18)14-8-2-11(10-15)3-9-14/h2-9,16H,10,15H2,1H3. The molecular formula is C14H16N2O3S. The van der Waals surface area contributed by atoms with Gasteiger partial charge in [0, 0.05) is 12.2 Å². The summed E-state index contributed by atoms with van der Waals surface area (Å²) in [6.07, 6.45) is 0. The third-order valence-electron chi connectivity index (χ3n) is 2.81. The second-order valence-electron chi connectivity index (χ2n) is 4.18. The number of nitrogens with two attached hydrogens (primary N) is 1. The lowest BCUT2D eigenvalue weighted by molar-refractivity contribution is 0.415. The van der Waals surface area contributed by atoms with Crippen molar-refractivity contribution in [3.05, 3.63) is 54.1 Å². The minimum atomic E-state index is -3.59. The molecule has 0 saturated carbocycles. The number of sulfonamides is 1. The van der Waals surface area contributed by atoms with Gasteiger partial charge in [-0.3, -0.25) is 4.72 Å². The molecule has 0 bridgehead atoms. The molecule has 0 aromatic heterocycles. The summed E-state index contributed by atoms with van der Waals surface area (Å²) in [5.41, 5.74) is 6.85. The number of rotatable bonds is 5. The summed E-state index contributed by atoms with van der Waals surface area (Å²) in [4.78, 5) is 0.200. The predicted molar refractivity (Wildman–Crippen MR) is 78.1 cm³/mol. The van der Waals surface area contributed by atoms with Gasteiger partial charge in [0.25, 0.3) is 10.0 Å². The molecule has 0 aliphatic carbocycles. The van der Waals surface area contributed by atoms with E-state index < -0.39 is 10.0 Å². The van der Waals surface area contributed by atoms with Crippen LogP contribution in [-0.4, -0.2) is 15.5 Å². The van der Waals surface area contributed by atoms with Gasteiger partial charge >= 0.3 is 0 Å². The highest BCUT2D eigenvalue weighted by atomic mass is 32.2. The van der Waals surface area contributed by atoms with Crippen LogP contribution >= 0.6 is 0 Å². The van der Waals surface area contributed by atoms with E-state index in [4.69, 9.17) is 10.5 Å². The molecule has 0 atom stereocenters. The van der Waals surface area contributed by atoms with Crippen molar-refractivity contribution in [3.8, 4) is 5.75 Å². The lowest BCUT2D eigenvalue weighted by Gasteiger charge is -2.09. The second kappa shape index (κ2) is 5.94. The summed E-state index contributed by atoms with van der Waals surface area (Å²) >= 11 is 0. The summed E-state index contributed by atoms with van der Waals surface area (Å²) in [5.74, 6) is 0.667. The topological polar surface area (TPSA) is 81.4 Å². The van der Waals surface area contributed by atoms with Crippen LogP contribution < -0.4 is 15.2 Å². The third kappa shape index (κ3) is 3.28. The van der Waals surface area contributed by atoms with E-state index in [-0.39, 0.29) is 4.90 Å². The number of methoxy groups -OCH3 is 1. The molecular weight excluding hydrogens is 276 g/mol. The molecule has 20 heavy (non-hydrogen) atoms. The van der Waals surface area contributed by atoms with Crippen molar-refractivity contribution >= 4 is 15.7 Å². The molecule has 106 valence electrons. The van der Waals surface area contributed by atoms with Crippen molar-refractivity contribution in [3.63, 3.8) is 0 Å². The number of ether oxygens (including phenoxy) is 1. The predicted octanol–water partition coefficient (Wildman–Crippen LogP) is 1.95. The first-order chi connectivity index (χ1) is 9.55. The van der Waals surface area contributed by atoms with Crippen LogP contribution in [0.5, 0.6) is 5.75 Å². The molecule has 0 spiro atoms. The summed E-state index contributed by atoms with van der Waals surface area (Å²) in [6, 6.07) is 13.1. The Morgan fingerprint density at radius 1 is 1.05 bits per heavy atom. The maximum Gasteiger partial charge on any atom is 0.261 e. The normalized spacial score (nSPS) is 11.1. The number of benzene rings is 2. The lowest BCUT2D eigenvalue weighted by atomic mass is 10.2. The highest BCUT2D eigenvalue weighted by Gasteiger charge is 2.13. The van der Waals surface area contributed by atoms with E-state index in [0.29, 0.717) is 18.0 Å². The number of anilines is 1. The van der Waals surface area contributed by atoms with Crippen molar-refractivity contribution in [2.75, 3.05) is 11.8 Å². The molecule has 2 rings (SSSR count). The molecule has 6 heteroatoms. The maximum atomic E-state index is 12.2. The Labute approximate surface area is 118 Å². The van der Waals surface area contributed by atoms with Crippen molar-refractivity contribution in [2.24, 2.45) is 5.73 Å². The smallest absolute Gasteiger partial charge is 0.261 e. The molecule has 0 aliphatic heterocycles. The van der Waals surface area contributed by atoms with Crippen LogP contribution in [0.4, 0.5) is 5.69 Å². The van der Waals surface area contributed by atoms with Gasteiger partial charge < -0.3 is 10.5 Å². The van der Waals surface area contributed by atoms with Gasteiger partial charge in [-0.2, -0.15) is 0 Å². The summed E-state index contributed by atoms with van der Waals surface area (Å²) < 4.78 is 31.9. The minimum Gasteiger partial charge on any atom is -0.497 e. The van der Waals surface area contributed by atoms with Crippen molar-refractivity contribution in [2.45, 2.75) is 11.4 Å². The first-order valence-corrected chi connectivity index (χ1v) is 7.49. The lowest BCUT2D eigenvalue weighted by Crippen LogP contribution is -2.13. The first kappa shape index (κ1) is 14.4. The van der Waals surface area contributed by atoms with E-state index in [1.54, 1.807) is 43.5 Å². The maximum absolute atomic E-state index is 12.2. The highest BCUT2D eigenvalue weighted by molar-refractivity contribution is 7.92. The van der Waals surface area contributed by atoms with E-state index in [1.807, 2.05) is 0 Å². The van der Waals surface area contributed by atoms with Crippen molar-refractivity contribution in [1.29, 1.82) is 0 Å². The molecule has 2 aromatic rings. The Balaban J connectivity index is 2.20. The Morgan fingerprint density at radius 2 is 1.65 bits per heavy atom. The van der Waals surface area contributed by atoms with Gasteiger partial charge in [0.05, 0.1) is 12.0 Å². The Hall–Kier alpha value is -2.05. The van der Waals surface area contributed by atoms with Crippen LogP contribution in [0, 0.1) is 0 Å². The van der Waals surface area contributed by atoms with E-state index in [9.17, 15) is 8.42 Å². The van der Waals surface area contributed by atoms with E-state index in [1.165, 1.54) is 12.1 Å².